The molecule has 0 aliphatic carbocycles. The number of ether oxygens (including phenoxy) is 2. The Labute approximate surface area is 143 Å². The molecule has 0 radical (unpaired) electrons. The van der Waals surface area contributed by atoms with E-state index in [9.17, 15) is 13.6 Å². The van der Waals surface area contributed by atoms with Crippen LogP contribution in [-0.4, -0.2) is 19.1 Å². The van der Waals surface area contributed by atoms with Crippen LogP contribution in [0.25, 0.3) is 0 Å². The zero-order chi connectivity index (χ0) is 18.2. The number of carbonyl (C=O) groups is 1. The monoisotopic (exact) mass is 346 g/mol. The lowest BCUT2D eigenvalue weighted by atomic mass is 10.1. The Kier molecular flexibility index (Phi) is 6.29. The van der Waals surface area contributed by atoms with Gasteiger partial charge in [-0.25, -0.2) is 8.78 Å². The fraction of sp³-hybridized carbons (Fsp3) is 0.222. The van der Waals surface area contributed by atoms with Crippen LogP contribution in [0.4, 0.5) is 8.78 Å². The van der Waals surface area contributed by atoms with Crippen molar-refractivity contribution in [2.24, 2.45) is 5.73 Å². The zero-order valence-corrected chi connectivity index (χ0v) is 13.3. The second-order valence-electron chi connectivity index (χ2n) is 5.14. The number of rotatable bonds is 8. The molecule has 2 rings (SSSR count). The molecule has 0 atom stereocenters. The molecule has 0 unspecified atom stereocenters. The average Bonchev–Trinajstić information content (AvgIpc) is 2.59. The molecule has 0 spiro atoms. The summed E-state index contributed by atoms with van der Waals surface area (Å²) in [7, 11) is 0. The fourth-order valence-electron chi connectivity index (χ4n) is 2.10. The molecule has 0 fully saturated rings. The van der Waals surface area contributed by atoms with Gasteiger partial charge in [0, 0.05) is 0 Å². The van der Waals surface area contributed by atoms with Gasteiger partial charge in [0.2, 0.25) is 0 Å². The van der Waals surface area contributed by atoms with E-state index in [4.69, 9.17) is 20.5 Å². The molecular weight excluding hydrogens is 330 g/mol. The Bertz CT molecular complexity index is 803. The average molecular weight is 346 g/mol. The summed E-state index contributed by atoms with van der Waals surface area (Å²) in [5.41, 5.74) is 4.65. The second-order valence-corrected chi connectivity index (χ2v) is 5.14. The largest absolute Gasteiger partial charge is 0.494 e. The van der Waals surface area contributed by atoms with Crippen LogP contribution in [0, 0.1) is 23.0 Å². The van der Waals surface area contributed by atoms with Crippen LogP contribution >= 0.6 is 0 Å². The summed E-state index contributed by atoms with van der Waals surface area (Å²) in [6.07, 6.45) is 1.18. The third kappa shape index (κ3) is 4.91. The van der Waals surface area contributed by atoms with Crippen LogP contribution in [-0.2, 0) is 0 Å². The number of benzene rings is 2. The van der Waals surface area contributed by atoms with Gasteiger partial charge in [-0.1, -0.05) is 6.07 Å². The molecule has 0 saturated heterocycles. The standard InChI is InChI=1S/C18H16F2N2O3/c19-14-6-7-15(17(20)16(14)18(22)23)25-9-2-1-8-24-13-5-3-4-12(10-13)11-21/h3-7,10H,1-2,8-9H2,(H2,22,23). The highest BCUT2D eigenvalue weighted by Gasteiger charge is 2.19. The number of nitriles is 1. The number of nitrogens with zero attached hydrogens (tertiary/aromatic N) is 1. The lowest BCUT2D eigenvalue weighted by Gasteiger charge is -2.10. The molecule has 0 heterocycles. The lowest BCUT2D eigenvalue weighted by Crippen LogP contribution is -2.16. The Hall–Kier alpha value is -3.14. The van der Waals surface area contributed by atoms with Crippen LogP contribution < -0.4 is 15.2 Å². The fourth-order valence-corrected chi connectivity index (χ4v) is 2.10. The highest BCUT2D eigenvalue weighted by molar-refractivity contribution is 5.93. The molecular formula is C18H16F2N2O3. The van der Waals surface area contributed by atoms with E-state index in [2.05, 4.69) is 0 Å². The summed E-state index contributed by atoms with van der Waals surface area (Å²) < 4.78 is 38.0. The molecule has 7 heteroatoms. The van der Waals surface area contributed by atoms with E-state index in [0.29, 0.717) is 30.8 Å². The van der Waals surface area contributed by atoms with Crippen LogP contribution in [0.15, 0.2) is 36.4 Å². The SMILES string of the molecule is N#Cc1cccc(OCCCCOc2ccc(F)c(C(N)=O)c2F)c1. The summed E-state index contributed by atoms with van der Waals surface area (Å²) in [5, 5.41) is 8.80. The Morgan fingerprint density at radius 3 is 2.52 bits per heavy atom. The minimum absolute atomic E-state index is 0.169. The first-order valence-corrected chi connectivity index (χ1v) is 7.56. The van der Waals surface area contributed by atoms with Gasteiger partial charge in [-0.15, -0.1) is 0 Å². The Balaban J connectivity index is 1.77. The van der Waals surface area contributed by atoms with Gasteiger partial charge in [-0.3, -0.25) is 4.79 Å². The number of primary amides is 1. The highest BCUT2D eigenvalue weighted by atomic mass is 19.1. The van der Waals surface area contributed by atoms with Gasteiger partial charge >= 0.3 is 0 Å². The second kappa shape index (κ2) is 8.64. The summed E-state index contributed by atoms with van der Waals surface area (Å²) in [6.45, 7) is 0.568. The lowest BCUT2D eigenvalue weighted by molar-refractivity contribution is 0.0991. The third-order valence-electron chi connectivity index (χ3n) is 3.33. The van der Waals surface area contributed by atoms with Crippen molar-refractivity contribution < 1.29 is 23.0 Å². The minimum atomic E-state index is -1.19. The van der Waals surface area contributed by atoms with Gasteiger partial charge in [0.05, 0.1) is 24.8 Å². The van der Waals surface area contributed by atoms with Gasteiger partial charge in [0.25, 0.3) is 5.91 Å². The number of carbonyl (C=O) groups excluding carboxylic acids is 1. The Morgan fingerprint density at radius 1 is 1.12 bits per heavy atom. The van der Waals surface area contributed by atoms with Crippen molar-refractivity contribution in [3.05, 3.63) is 59.2 Å². The normalized spacial score (nSPS) is 10.1. The smallest absolute Gasteiger partial charge is 0.254 e. The highest BCUT2D eigenvalue weighted by Crippen LogP contribution is 2.23. The number of unbranched alkanes of at least 4 members (excludes halogenated alkanes) is 1. The quantitative estimate of drug-likeness (QED) is 0.744. The molecule has 2 aromatic rings. The van der Waals surface area contributed by atoms with Gasteiger partial charge in [-0.2, -0.15) is 5.26 Å². The van der Waals surface area contributed by atoms with Gasteiger partial charge in [0.1, 0.15) is 17.1 Å². The molecule has 5 nitrogen and oxygen atoms in total. The maximum absolute atomic E-state index is 13.9. The van der Waals surface area contributed by atoms with Gasteiger partial charge < -0.3 is 15.2 Å². The van der Waals surface area contributed by atoms with E-state index < -0.39 is 23.1 Å². The molecule has 0 aromatic heterocycles. The minimum Gasteiger partial charge on any atom is -0.494 e. The predicted octanol–water partition coefficient (Wildman–Crippen LogP) is 3.17. The van der Waals surface area contributed by atoms with Gasteiger partial charge in [-0.05, 0) is 43.2 Å². The molecule has 130 valence electrons. The molecule has 2 aromatic carbocycles. The van der Waals surface area contributed by atoms with Crippen LogP contribution in [0.3, 0.4) is 0 Å². The van der Waals surface area contributed by atoms with Gasteiger partial charge in [0.15, 0.2) is 11.6 Å². The van der Waals surface area contributed by atoms with E-state index in [1.807, 2.05) is 6.07 Å². The van der Waals surface area contributed by atoms with Crippen LogP contribution in [0.1, 0.15) is 28.8 Å². The Morgan fingerprint density at radius 2 is 1.84 bits per heavy atom. The van der Waals surface area contributed by atoms with Crippen LogP contribution in [0.5, 0.6) is 11.5 Å². The molecule has 0 aliphatic heterocycles. The van der Waals surface area contributed by atoms with Crippen molar-refractivity contribution in [3.8, 4) is 17.6 Å². The third-order valence-corrected chi connectivity index (χ3v) is 3.33. The number of hydrogen-bond donors (Lipinski definition) is 1. The topological polar surface area (TPSA) is 85.3 Å². The summed E-state index contributed by atoms with van der Waals surface area (Å²) in [6, 6.07) is 10.9. The summed E-state index contributed by atoms with van der Waals surface area (Å²) >= 11 is 0. The maximum Gasteiger partial charge on any atom is 0.254 e. The van der Waals surface area contributed by atoms with E-state index in [1.54, 1.807) is 24.3 Å². The maximum atomic E-state index is 13.9. The van der Waals surface area contributed by atoms with Crippen molar-refractivity contribution in [2.45, 2.75) is 12.8 Å². The zero-order valence-electron chi connectivity index (χ0n) is 13.3. The molecule has 0 bridgehead atoms. The molecule has 0 aliphatic rings. The van der Waals surface area contributed by atoms with E-state index >= 15 is 0 Å². The number of nitrogens with two attached hydrogens (primary N) is 1. The summed E-state index contributed by atoms with van der Waals surface area (Å²) in [4.78, 5) is 11.0. The van der Waals surface area contributed by atoms with Crippen molar-refractivity contribution in [1.29, 1.82) is 5.26 Å². The van der Waals surface area contributed by atoms with Crippen LogP contribution in [0.2, 0.25) is 0 Å². The van der Waals surface area contributed by atoms with Crippen molar-refractivity contribution in [2.75, 3.05) is 13.2 Å². The van der Waals surface area contributed by atoms with E-state index in [1.165, 1.54) is 0 Å². The first-order valence-electron chi connectivity index (χ1n) is 7.56. The van der Waals surface area contributed by atoms with Crippen molar-refractivity contribution in [3.63, 3.8) is 0 Å². The van der Waals surface area contributed by atoms with E-state index in [-0.39, 0.29) is 12.4 Å². The number of hydrogen-bond acceptors (Lipinski definition) is 4. The first kappa shape index (κ1) is 18.2. The van der Waals surface area contributed by atoms with E-state index in [0.717, 1.165) is 12.1 Å². The number of halogens is 2. The first-order chi connectivity index (χ1) is 12.0. The number of amides is 1. The molecule has 0 saturated carbocycles. The molecule has 25 heavy (non-hydrogen) atoms. The van der Waals surface area contributed by atoms with Crippen molar-refractivity contribution >= 4 is 5.91 Å². The van der Waals surface area contributed by atoms with Crippen molar-refractivity contribution in [1.82, 2.24) is 0 Å². The molecule has 2 N–H and O–H groups in total. The predicted molar refractivity (Wildman–Crippen MR) is 86.3 cm³/mol. The summed E-state index contributed by atoms with van der Waals surface area (Å²) in [5.74, 6) is -2.94. The molecule has 1 amide bonds.